The summed E-state index contributed by atoms with van der Waals surface area (Å²) < 4.78 is 43.2. The monoisotopic (exact) mass is 355 g/mol. The Kier molecular flexibility index (Phi) is 3.59. The molecule has 1 fully saturated rings. The van der Waals surface area contributed by atoms with Crippen molar-refractivity contribution in [1.82, 2.24) is 5.43 Å². The summed E-state index contributed by atoms with van der Waals surface area (Å²) >= 11 is 0. The van der Waals surface area contributed by atoms with E-state index in [4.69, 9.17) is 0 Å². The average molecular weight is 355 g/mol. The molecule has 3 rings (SSSR count). The van der Waals surface area contributed by atoms with E-state index in [1.165, 1.54) is 13.0 Å². The van der Waals surface area contributed by atoms with E-state index >= 15 is 0 Å². The third-order valence-electron chi connectivity index (χ3n) is 4.20. The molecule has 10 heteroatoms. The number of carbonyl (C=O) groups is 3. The highest BCUT2D eigenvalue weighted by molar-refractivity contribution is 6.47. The second-order valence-corrected chi connectivity index (χ2v) is 5.76. The molecule has 0 radical (unpaired) electrons. The minimum atomic E-state index is -4.63. The molecule has 7 nitrogen and oxygen atoms in total. The van der Waals surface area contributed by atoms with Crippen LogP contribution in [0, 0.1) is 5.92 Å². The highest BCUT2D eigenvalue weighted by Crippen LogP contribution is 2.39. The predicted octanol–water partition coefficient (Wildman–Crippen LogP) is 1.09. The first-order chi connectivity index (χ1) is 11.6. The lowest BCUT2D eigenvalue weighted by Gasteiger charge is -2.20. The molecule has 0 spiro atoms. The Hall–Kier alpha value is -2.91. The number of nitrogens with zero attached hydrogens (tertiary/aromatic N) is 2. The molecule has 1 aromatic rings. The van der Waals surface area contributed by atoms with Crippen LogP contribution in [-0.2, 0) is 25.3 Å². The lowest BCUT2D eigenvalue weighted by Crippen LogP contribution is -2.48. The summed E-state index contributed by atoms with van der Waals surface area (Å²) in [4.78, 5) is 37.7. The van der Waals surface area contributed by atoms with Gasteiger partial charge >= 0.3 is 12.1 Å². The fourth-order valence-electron chi connectivity index (χ4n) is 2.91. The summed E-state index contributed by atoms with van der Waals surface area (Å²) in [6, 6.07) is 3.84. The molecule has 132 valence electrons. The van der Waals surface area contributed by atoms with Gasteiger partial charge in [-0.15, -0.1) is 0 Å². The number of anilines is 1. The number of alkyl halides is 3. The Morgan fingerprint density at radius 3 is 2.64 bits per heavy atom. The Morgan fingerprint density at radius 1 is 1.36 bits per heavy atom. The molecule has 2 atom stereocenters. The van der Waals surface area contributed by atoms with Crippen LogP contribution < -0.4 is 10.3 Å². The molecule has 1 unspecified atom stereocenters. The molecule has 0 aromatic heterocycles. The van der Waals surface area contributed by atoms with Crippen molar-refractivity contribution in [2.75, 3.05) is 12.0 Å². The highest BCUT2D eigenvalue weighted by Gasteiger charge is 2.63. The van der Waals surface area contributed by atoms with Crippen LogP contribution in [0.5, 0.6) is 0 Å². The van der Waals surface area contributed by atoms with Crippen LogP contribution in [-0.4, -0.2) is 36.1 Å². The maximum absolute atomic E-state index is 12.9. The smallest absolute Gasteiger partial charge is 0.416 e. The molecule has 0 bridgehead atoms. The predicted molar refractivity (Wildman–Crippen MR) is 78.4 cm³/mol. The van der Waals surface area contributed by atoms with E-state index < -0.39 is 41.0 Å². The minimum absolute atomic E-state index is 0.230. The van der Waals surface area contributed by atoms with E-state index in [2.05, 4.69) is 15.3 Å². The summed E-state index contributed by atoms with van der Waals surface area (Å²) in [7, 11) is 1.09. The highest BCUT2D eigenvalue weighted by atomic mass is 19.4. The number of carbonyl (C=O) groups excluding carboxylic acids is 3. The third-order valence-corrected chi connectivity index (χ3v) is 4.20. The molecule has 25 heavy (non-hydrogen) atoms. The largest absolute Gasteiger partial charge is 0.464 e. The number of fused-ring (bicyclic) bond motifs is 1. The lowest BCUT2D eigenvalue weighted by molar-refractivity contribution is -0.137. The molecule has 1 N–H and O–H groups in total. The van der Waals surface area contributed by atoms with Crippen LogP contribution >= 0.6 is 0 Å². The van der Waals surface area contributed by atoms with Gasteiger partial charge < -0.3 is 4.74 Å². The number of rotatable bonds is 2. The fraction of sp³-hybridized carbons (Fsp3) is 0.333. The van der Waals surface area contributed by atoms with Gasteiger partial charge in [0.2, 0.25) is 5.91 Å². The van der Waals surface area contributed by atoms with Gasteiger partial charge in [0.1, 0.15) is 11.5 Å². The molecular formula is C15H12F3N3O4. The summed E-state index contributed by atoms with van der Waals surface area (Å²) in [5.74, 6) is -3.82. The van der Waals surface area contributed by atoms with E-state index in [1.807, 2.05) is 0 Å². The minimum Gasteiger partial charge on any atom is -0.464 e. The molecule has 0 saturated carbocycles. The SMILES string of the molecule is COC(=O)C1=NN[C@]2(C)C(=O)N(c3cccc(C(F)(F)F)c3)C(=O)C12. The number of esters is 1. The van der Waals surface area contributed by atoms with Gasteiger partial charge in [-0.1, -0.05) is 6.07 Å². The Morgan fingerprint density at radius 2 is 2.04 bits per heavy atom. The van der Waals surface area contributed by atoms with Crippen molar-refractivity contribution in [3.05, 3.63) is 29.8 Å². The van der Waals surface area contributed by atoms with Crippen molar-refractivity contribution in [3.63, 3.8) is 0 Å². The Bertz CT molecular complexity index is 820. The number of methoxy groups -OCH3 is 1. The first-order valence-corrected chi connectivity index (χ1v) is 7.10. The van der Waals surface area contributed by atoms with Crippen molar-refractivity contribution in [2.45, 2.75) is 18.6 Å². The molecule has 2 heterocycles. The van der Waals surface area contributed by atoms with Gasteiger partial charge in [0.05, 0.1) is 18.4 Å². The Balaban J connectivity index is 2.04. The fourth-order valence-corrected chi connectivity index (χ4v) is 2.91. The molecule has 2 aliphatic rings. The van der Waals surface area contributed by atoms with Gasteiger partial charge in [-0.2, -0.15) is 18.3 Å². The summed E-state index contributed by atoms with van der Waals surface area (Å²) in [5, 5.41) is 3.69. The zero-order valence-corrected chi connectivity index (χ0v) is 13.0. The van der Waals surface area contributed by atoms with Gasteiger partial charge in [-0.25, -0.2) is 9.69 Å². The van der Waals surface area contributed by atoms with E-state index in [1.54, 1.807) is 0 Å². The standard InChI is InChI=1S/C15H12F3N3O4/c1-14-9(10(19-20-14)12(23)25-2)11(22)21(13(14)24)8-5-3-4-7(6-8)15(16,17)18/h3-6,9,20H,1-2H3/t9?,14-/m0/s1. The maximum Gasteiger partial charge on any atom is 0.416 e. The van der Waals surface area contributed by atoms with Gasteiger partial charge in [0.15, 0.2) is 5.71 Å². The molecule has 1 saturated heterocycles. The first-order valence-electron chi connectivity index (χ1n) is 7.10. The topological polar surface area (TPSA) is 88.1 Å². The van der Waals surface area contributed by atoms with Crippen LogP contribution in [0.3, 0.4) is 0 Å². The zero-order valence-electron chi connectivity index (χ0n) is 13.0. The number of hydrogen-bond acceptors (Lipinski definition) is 6. The van der Waals surface area contributed by atoms with Crippen LogP contribution in [0.15, 0.2) is 29.4 Å². The molecular weight excluding hydrogens is 343 g/mol. The van der Waals surface area contributed by atoms with E-state index in [-0.39, 0.29) is 11.4 Å². The molecule has 2 amide bonds. The molecule has 2 aliphatic heterocycles. The van der Waals surface area contributed by atoms with Crippen LogP contribution in [0.1, 0.15) is 12.5 Å². The van der Waals surface area contributed by atoms with E-state index in [0.29, 0.717) is 11.0 Å². The summed E-state index contributed by atoms with van der Waals surface area (Å²) in [6.07, 6.45) is -4.63. The average Bonchev–Trinajstić information content (AvgIpc) is 3.00. The molecule has 0 aliphatic carbocycles. The van der Waals surface area contributed by atoms with Crippen molar-refractivity contribution >= 4 is 29.2 Å². The number of halogens is 3. The van der Waals surface area contributed by atoms with E-state index in [0.717, 1.165) is 19.2 Å². The van der Waals surface area contributed by atoms with Crippen molar-refractivity contribution in [3.8, 4) is 0 Å². The number of ether oxygens (including phenoxy) is 1. The van der Waals surface area contributed by atoms with Crippen LogP contribution in [0.2, 0.25) is 0 Å². The number of benzene rings is 1. The van der Waals surface area contributed by atoms with Crippen LogP contribution in [0.4, 0.5) is 18.9 Å². The number of nitrogens with one attached hydrogen (secondary N) is 1. The summed E-state index contributed by atoms with van der Waals surface area (Å²) in [5.41, 5.74) is -0.644. The normalized spacial score (nSPS) is 25.6. The zero-order chi connectivity index (χ0) is 18.6. The number of hydrazone groups is 1. The van der Waals surface area contributed by atoms with Crippen LogP contribution in [0.25, 0.3) is 0 Å². The number of imide groups is 1. The second-order valence-electron chi connectivity index (χ2n) is 5.76. The van der Waals surface area contributed by atoms with Crippen molar-refractivity contribution in [2.24, 2.45) is 11.0 Å². The summed E-state index contributed by atoms with van der Waals surface area (Å²) in [6.45, 7) is 1.35. The third kappa shape index (κ3) is 2.36. The maximum atomic E-state index is 12.9. The van der Waals surface area contributed by atoms with Gasteiger partial charge in [0.25, 0.3) is 5.91 Å². The quantitative estimate of drug-likeness (QED) is 0.634. The van der Waals surface area contributed by atoms with Crippen molar-refractivity contribution in [1.29, 1.82) is 0 Å². The number of amides is 2. The Labute approximate surface area is 139 Å². The first kappa shape index (κ1) is 16.9. The molecule has 1 aromatic carbocycles. The van der Waals surface area contributed by atoms with Gasteiger partial charge in [-0.05, 0) is 25.1 Å². The lowest BCUT2D eigenvalue weighted by atomic mass is 9.86. The van der Waals surface area contributed by atoms with Gasteiger partial charge in [-0.3, -0.25) is 15.0 Å². The second kappa shape index (κ2) is 5.30. The van der Waals surface area contributed by atoms with Crippen molar-refractivity contribution < 1.29 is 32.3 Å². The van der Waals surface area contributed by atoms with E-state index in [9.17, 15) is 27.6 Å². The number of hydrogen-bond donors (Lipinski definition) is 1. The van der Waals surface area contributed by atoms with Gasteiger partial charge in [0, 0.05) is 0 Å².